The fourth-order valence-electron chi connectivity index (χ4n) is 5.10. The Kier molecular flexibility index (Phi) is 8.70. The molecule has 2 fully saturated rings. The number of nitro benzene ring substituents is 1. The molecule has 2 aliphatic rings. The van der Waals surface area contributed by atoms with Crippen LogP contribution >= 0.6 is 23.8 Å². The molecule has 0 unspecified atom stereocenters. The summed E-state index contributed by atoms with van der Waals surface area (Å²) in [5.74, 6) is -0.369. The van der Waals surface area contributed by atoms with Gasteiger partial charge < -0.3 is 24.4 Å². The van der Waals surface area contributed by atoms with Crippen molar-refractivity contribution < 1.29 is 18.9 Å². The van der Waals surface area contributed by atoms with E-state index < -0.39 is 10.8 Å². The van der Waals surface area contributed by atoms with Gasteiger partial charge in [0.1, 0.15) is 5.69 Å². The van der Waals surface area contributed by atoms with E-state index in [1.54, 1.807) is 41.3 Å². The van der Waals surface area contributed by atoms with Gasteiger partial charge >= 0.3 is 0 Å². The Labute approximate surface area is 247 Å². The van der Waals surface area contributed by atoms with Crippen LogP contribution in [-0.2, 0) is 0 Å². The van der Waals surface area contributed by atoms with E-state index in [-0.39, 0.29) is 22.3 Å². The second kappa shape index (κ2) is 12.6. The second-order valence-electron chi connectivity index (χ2n) is 9.84. The van der Waals surface area contributed by atoms with Crippen LogP contribution in [0.5, 0.6) is 0 Å². The zero-order valence-electron chi connectivity index (χ0n) is 22.2. The lowest BCUT2D eigenvalue weighted by molar-refractivity contribution is -0.384. The van der Waals surface area contributed by atoms with Gasteiger partial charge in [0.2, 0.25) is 0 Å². The number of piperidine rings is 1. The first-order valence-electron chi connectivity index (χ1n) is 13.3. The van der Waals surface area contributed by atoms with Crippen LogP contribution in [0.15, 0.2) is 59.2 Å². The lowest BCUT2D eigenvalue weighted by Gasteiger charge is -2.36. The number of piperazine rings is 1. The molecule has 2 saturated heterocycles. The number of thiocarbonyl (C=S) groups is 1. The zero-order chi connectivity index (χ0) is 28.9. The summed E-state index contributed by atoms with van der Waals surface area (Å²) in [5, 5.41) is 17.8. The Bertz CT molecular complexity index is 1450. The third-order valence-corrected chi connectivity index (χ3v) is 7.71. The van der Waals surface area contributed by atoms with Crippen molar-refractivity contribution in [2.45, 2.75) is 19.3 Å². The Morgan fingerprint density at radius 3 is 2.29 bits per heavy atom. The standard InChI is InChI=1S/C28H29ClN6O5S/c29-21-18-20(7-9-22(21)33-12-14-34(15-13-33)27(37)25-5-4-16-40-25)30-28(41)31-26(36)19-6-8-23(24(17-19)35(38)39)32-10-2-1-3-11-32/h4-9,16-18H,1-3,10-15H2,(H2,30,31,36,41). The second-order valence-corrected chi connectivity index (χ2v) is 10.7. The summed E-state index contributed by atoms with van der Waals surface area (Å²) in [6.45, 7) is 3.78. The molecule has 2 amide bonds. The first kappa shape index (κ1) is 28.4. The van der Waals surface area contributed by atoms with Gasteiger partial charge in [-0.1, -0.05) is 11.6 Å². The SMILES string of the molecule is O=C(NC(=S)Nc1ccc(N2CCN(C(=O)c3ccco3)CC2)c(Cl)c1)c1ccc(N2CCCCC2)c([N+](=O)[O-])c1. The number of halogens is 1. The molecule has 2 aliphatic heterocycles. The normalized spacial score (nSPS) is 15.4. The molecule has 5 rings (SSSR count). The fraction of sp³-hybridized carbons (Fsp3) is 0.321. The Morgan fingerprint density at radius 2 is 1.63 bits per heavy atom. The summed E-state index contributed by atoms with van der Waals surface area (Å²) < 4.78 is 5.22. The smallest absolute Gasteiger partial charge is 0.293 e. The Hall–Kier alpha value is -4.16. The van der Waals surface area contributed by atoms with Crippen LogP contribution in [0.4, 0.5) is 22.7 Å². The number of amides is 2. The summed E-state index contributed by atoms with van der Waals surface area (Å²) in [4.78, 5) is 42.5. The highest BCUT2D eigenvalue weighted by Gasteiger charge is 2.26. The van der Waals surface area contributed by atoms with Crippen molar-refractivity contribution in [1.82, 2.24) is 10.2 Å². The number of furan rings is 1. The van der Waals surface area contributed by atoms with Crippen molar-refractivity contribution in [2.75, 3.05) is 54.4 Å². The number of nitrogens with one attached hydrogen (secondary N) is 2. The van der Waals surface area contributed by atoms with E-state index in [1.807, 2.05) is 11.0 Å². The van der Waals surface area contributed by atoms with Gasteiger partial charge in [-0.05, 0) is 73.9 Å². The van der Waals surface area contributed by atoms with Gasteiger partial charge in [-0.3, -0.25) is 25.0 Å². The van der Waals surface area contributed by atoms with Crippen molar-refractivity contribution in [2.24, 2.45) is 0 Å². The van der Waals surface area contributed by atoms with Gasteiger partial charge in [0.25, 0.3) is 17.5 Å². The predicted molar refractivity (Wildman–Crippen MR) is 161 cm³/mol. The molecule has 214 valence electrons. The maximum absolute atomic E-state index is 12.8. The highest BCUT2D eigenvalue weighted by atomic mass is 35.5. The number of carbonyl (C=O) groups is 2. The number of rotatable bonds is 6. The summed E-state index contributed by atoms with van der Waals surface area (Å²) in [6, 6.07) is 13.2. The maximum atomic E-state index is 12.8. The number of benzene rings is 2. The van der Waals surface area contributed by atoms with Gasteiger partial charge in [-0.15, -0.1) is 0 Å². The van der Waals surface area contributed by atoms with E-state index in [4.69, 9.17) is 28.2 Å². The predicted octanol–water partition coefficient (Wildman–Crippen LogP) is 4.92. The van der Waals surface area contributed by atoms with Crippen LogP contribution in [0.3, 0.4) is 0 Å². The molecule has 3 aromatic rings. The van der Waals surface area contributed by atoms with Crippen LogP contribution in [0.1, 0.15) is 40.2 Å². The van der Waals surface area contributed by atoms with Crippen LogP contribution in [-0.4, -0.2) is 66.0 Å². The van der Waals surface area contributed by atoms with E-state index in [0.29, 0.717) is 48.3 Å². The molecular weight excluding hydrogens is 568 g/mol. The fourth-order valence-corrected chi connectivity index (χ4v) is 5.61. The van der Waals surface area contributed by atoms with E-state index in [2.05, 4.69) is 15.5 Å². The molecule has 0 radical (unpaired) electrons. The highest BCUT2D eigenvalue weighted by molar-refractivity contribution is 7.80. The van der Waals surface area contributed by atoms with Gasteiger partial charge in [0.05, 0.1) is 21.9 Å². The quantitative estimate of drug-likeness (QED) is 0.232. The van der Waals surface area contributed by atoms with E-state index >= 15 is 0 Å². The van der Waals surface area contributed by atoms with E-state index in [0.717, 1.165) is 38.0 Å². The first-order valence-corrected chi connectivity index (χ1v) is 14.1. The third kappa shape index (κ3) is 6.60. The van der Waals surface area contributed by atoms with Crippen LogP contribution in [0.2, 0.25) is 5.02 Å². The molecule has 41 heavy (non-hydrogen) atoms. The van der Waals surface area contributed by atoms with Gasteiger partial charge in [-0.2, -0.15) is 0 Å². The average Bonchev–Trinajstić information content (AvgIpc) is 3.52. The van der Waals surface area contributed by atoms with E-state index in [1.165, 1.54) is 12.3 Å². The summed E-state index contributed by atoms with van der Waals surface area (Å²) in [7, 11) is 0. The number of nitro groups is 1. The van der Waals surface area contributed by atoms with Crippen molar-refractivity contribution in [3.63, 3.8) is 0 Å². The third-order valence-electron chi connectivity index (χ3n) is 7.20. The van der Waals surface area contributed by atoms with E-state index in [9.17, 15) is 19.7 Å². The van der Waals surface area contributed by atoms with Gasteiger partial charge in [0.15, 0.2) is 10.9 Å². The molecule has 3 heterocycles. The zero-order valence-corrected chi connectivity index (χ0v) is 23.7. The number of carbonyl (C=O) groups excluding carboxylic acids is 2. The van der Waals surface area contributed by atoms with Crippen LogP contribution < -0.4 is 20.4 Å². The number of hydrogen-bond donors (Lipinski definition) is 2. The summed E-state index contributed by atoms with van der Waals surface area (Å²) >= 11 is 11.9. The van der Waals surface area contributed by atoms with Crippen molar-refractivity contribution in [3.05, 3.63) is 81.3 Å². The molecular formula is C28H29ClN6O5S. The minimum atomic E-state index is -0.555. The lowest BCUT2D eigenvalue weighted by atomic mass is 10.1. The minimum absolute atomic E-state index is 0.0339. The van der Waals surface area contributed by atoms with Crippen LogP contribution in [0, 0.1) is 10.1 Å². The molecule has 13 heteroatoms. The van der Waals surface area contributed by atoms with Crippen molar-refractivity contribution in [3.8, 4) is 0 Å². The number of anilines is 3. The average molecular weight is 597 g/mol. The molecule has 2 N–H and O–H groups in total. The molecule has 2 aromatic carbocycles. The lowest BCUT2D eigenvalue weighted by Crippen LogP contribution is -2.48. The molecule has 0 atom stereocenters. The molecule has 0 bridgehead atoms. The van der Waals surface area contributed by atoms with Crippen LogP contribution in [0.25, 0.3) is 0 Å². The molecule has 1 aromatic heterocycles. The van der Waals surface area contributed by atoms with Gasteiger partial charge in [-0.25, -0.2) is 0 Å². The van der Waals surface area contributed by atoms with Crippen molar-refractivity contribution >= 4 is 63.5 Å². The Morgan fingerprint density at radius 1 is 0.927 bits per heavy atom. The number of nitrogens with zero attached hydrogens (tertiary/aromatic N) is 4. The topological polar surface area (TPSA) is 124 Å². The highest BCUT2D eigenvalue weighted by Crippen LogP contribution is 2.32. The first-order chi connectivity index (χ1) is 19.8. The molecule has 11 nitrogen and oxygen atoms in total. The largest absolute Gasteiger partial charge is 0.459 e. The van der Waals surface area contributed by atoms with Crippen molar-refractivity contribution in [1.29, 1.82) is 0 Å². The van der Waals surface area contributed by atoms with Gasteiger partial charge in [0, 0.05) is 56.6 Å². The maximum Gasteiger partial charge on any atom is 0.293 e. The molecule has 0 aliphatic carbocycles. The summed E-state index contributed by atoms with van der Waals surface area (Å²) in [6.07, 6.45) is 4.55. The Balaban J connectivity index is 1.17. The molecule has 0 spiro atoms. The minimum Gasteiger partial charge on any atom is -0.459 e. The summed E-state index contributed by atoms with van der Waals surface area (Å²) in [5.41, 5.74) is 1.94. The number of hydrogen-bond acceptors (Lipinski definition) is 8. The molecule has 0 saturated carbocycles. The monoisotopic (exact) mass is 596 g/mol.